The molecule has 1 aromatic heterocycles. The van der Waals surface area contributed by atoms with Gasteiger partial charge >= 0.3 is 11.9 Å². The first-order valence-corrected chi connectivity index (χ1v) is 15.5. The van der Waals surface area contributed by atoms with E-state index in [9.17, 15) is 9.59 Å². The van der Waals surface area contributed by atoms with Crippen molar-refractivity contribution in [2.45, 2.75) is 52.9 Å². The van der Waals surface area contributed by atoms with Crippen molar-refractivity contribution in [1.82, 2.24) is 0 Å². The molecule has 0 aliphatic heterocycles. The maximum absolute atomic E-state index is 12.1. The van der Waals surface area contributed by atoms with E-state index < -0.39 is 0 Å². The highest BCUT2D eigenvalue weighted by atomic mass is 16.5. The summed E-state index contributed by atoms with van der Waals surface area (Å²) in [5.74, 6) is 1.43. The predicted molar refractivity (Wildman–Crippen MR) is 176 cm³/mol. The van der Waals surface area contributed by atoms with Gasteiger partial charge in [0.2, 0.25) is 0 Å². The lowest BCUT2D eigenvalue weighted by Crippen LogP contribution is -2.09. The Morgan fingerprint density at radius 1 is 0.717 bits per heavy atom. The minimum Gasteiger partial charge on any atom is -0.489 e. The van der Waals surface area contributed by atoms with E-state index >= 15 is 0 Å². The molecule has 5 aromatic rings. The van der Waals surface area contributed by atoms with Crippen molar-refractivity contribution < 1.29 is 33.0 Å². The van der Waals surface area contributed by atoms with Crippen molar-refractivity contribution in [3.63, 3.8) is 0 Å². The molecular formula is C38H39NO7. The van der Waals surface area contributed by atoms with Crippen LogP contribution in [0.3, 0.4) is 0 Å². The average molecular weight is 622 g/mol. The van der Waals surface area contributed by atoms with E-state index in [1.807, 2.05) is 72.8 Å². The molecule has 0 atom stereocenters. The van der Waals surface area contributed by atoms with E-state index in [0.717, 1.165) is 50.1 Å². The van der Waals surface area contributed by atoms with Gasteiger partial charge in [-0.1, -0.05) is 54.6 Å². The van der Waals surface area contributed by atoms with Crippen LogP contribution in [0.5, 0.6) is 11.5 Å². The summed E-state index contributed by atoms with van der Waals surface area (Å²) in [6.45, 7) is 5.19. The summed E-state index contributed by atoms with van der Waals surface area (Å²) >= 11 is 0. The van der Waals surface area contributed by atoms with Gasteiger partial charge in [0.1, 0.15) is 36.1 Å². The fraction of sp³-hybridized carbons (Fsp3) is 0.263. The van der Waals surface area contributed by atoms with Crippen LogP contribution < -0.4 is 15.2 Å². The highest BCUT2D eigenvalue weighted by Gasteiger charge is 2.16. The van der Waals surface area contributed by atoms with Crippen molar-refractivity contribution in [3.05, 3.63) is 119 Å². The van der Waals surface area contributed by atoms with Crippen LogP contribution in [0.25, 0.3) is 22.1 Å². The molecule has 0 bridgehead atoms. The fourth-order valence-electron chi connectivity index (χ4n) is 5.29. The number of esters is 2. The van der Waals surface area contributed by atoms with E-state index in [2.05, 4.69) is 18.2 Å². The lowest BCUT2D eigenvalue weighted by Gasteiger charge is -2.13. The van der Waals surface area contributed by atoms with Gasteiger partial charge in [0.05, 0.1) is 19.6 Å². The molecule has 46 heavy (non-hydrogen) atoms. The first kappa shape index (κ1) is 32.3. The van der Waals surface area contributed by atoms with Gasteiger partial charge < -0.3 is 29.1 Å². The molecule has 238 valence electrons. The van der Waals surface area contributed by atoms with Crippen LogP contribution in [0.4, 0.5) is 0 Å². The Bertz CT molecular complexity index is 1790. The van der Waals surface area contributed by atoms with Crippen LogP contribution in [0.2, 0.25) is 0 Å². The van der Waals surface area contributed by atoms with Crippen LogP contribution in [0.15, 0.2) is 95.4 Å². The summed E-state index contributed by atoms with van der Waals surface area (Å²) in [7, 11) is 0. The molecule has 8 heteroatoms. The quantitative estimate of drug-likeness (QED) is 0.121. The maximum atomic E-state index is 12.1. The standard InChI is InChI=1S/C38H39NO7/c1-3-42-36(40)17-16-28-11-5-7-14-34(28)44-24-27-19-31-21-32(25-45-35-15-8-6-12-30(35)22-37(41)43-4-2)46-38(31)33(20-27)29-13-9-10-26(18-29)23-39/h5-15,18-21H,3-4,16-17,22-25,39H2,1-2H3. The van der Waals surface area contributed by atoms with Crippen molar-refractivity contribution in [1.29, 1.82) is 0 Å². The van der Waals surface area contributed by atoms with Crippen molar-refractivity contribution in [2.75, 3.05) is 13.2 Å². The van der Waals surface area contributed by atoms with Gasteiger partial charge in [-0.2, -0.15) is 0 Å². The van der Waals surface area contributed by atoms with Crippen molar-refractivity contribution in [2.24, 2.45) is 5.73 Å². The Morgan fingerprint density at radius 2 is 1.41 bits per heavy atom. The maximum Gasteiger partial charge on any atom is 0.310 e. The second kappa shape index (κ2) is 15.8. The zero-order valence-corrected chi connectivity index (χ0v) is 26.3. The summed E-state index contributed by atoms with van der Waals surface area (Å²) in [5, 5.41) is 0.906. The molecule has 0 amide bonds. The smallest absolute Gasteiger partial charge is 0.310 e. The molecular weight excluding hydrogens is 582 g/mol. The molecule has 4 aromatic carbocycles. The average Bonchev–Trinajstić information content (AvgIpc) is 3.49. The van der Waals surface area contributed by atoms with Gasteiger partial charge in [-0.15, -0.1) is 0 Å². The number of aryl methyl sites for hydroxylation is 1. The van der Waals surface area contributed by atoms with E-state index in [0.29, 0.717) is 44.3 Å². The molecule has 0 saturated carbocycles. The third-order valence-electron chi connectivity index (χ3n) is 7.45. The van der Waals surface area contributed by atoms with Gasteiger partial charge in [-0.05, 0) is 78.9 Å². The third-order valence-corrected chi connectivity index (χ3v) is 7.45. The number of para-hydroxylation sites is 2. The fourth-order valence-corrected chi connectivity index (χ4v) is 5.29. The number of fused-ring (bicyclic) bond motifs is 1. The van der Waals surface area contributed by atoms with Gasteiger partial charge in [0.25, 0.3) is 0 Å². The summed E-state index contributed by atoms with van der Waals surface area (Å²) in [6.07, 6.45) is 0.940. The van der Waals surface area contributed by atoms with Crippen molar-refractivity contribution in [3.8, 4) is 22.6 Å². The van der Waals surface area contributed by atoms with E-state index in [1.165, 1.54) is 0 Å². The number of ether oxygens (including phenoxy) is 4. The molecule has 5 rings (SSSR count). The zero-order valence-electron chi connectivity index (χ0n) is 26.3. The molecule has 8 nitrogen and oxygen atoms in total. The SMILES string of the molecule is CCOC(=O)CCc1ccccc1OCc1cc(-c2cccc(CN)c2)c2oc(COc3ccccc3CC(=O)OCC)cc2c1. The number of furan rings is 1. The van der Waals surface area contributed by atoms with E-state index in [-0.39, 0.29) is 31.4 Å². The van der Waals surface area contributed by atoms with Crippen LogP contribution >= 0.6 is 0 Å². The molecule has 0 unspecified atom stereocenters. The number of benzene rings is 4. The Balaban J connectivity index is 1.41. The Kier molecular flexibility index (Phi) is 11.1. The minimum atomic E-state index is -0.303. The second-order valence-corrected chi connectivity index (χ2v) is 10.8. The van der Waals surface area contributed by atoms with Gasteiger partial charge in [0.15, 0.2) is 0 Å². The molecule has 0 spiro atoms. The van der Waals surface area contributed by atoms with E-state index in [1.54, 1.807) is 13.8 Å². The molecule has 1 heterocycles. The van der Waals surface area contributed by atoms with Crippen LogP contribution in [0.1, 0.15) is 48.3 Å². The largest absolute Gasteiger partial charge is 0.489 e. The summed E-state index contributed by atoms with van der Waals surface area (Å²) < 4.78 is 29.1. The molecule has 0 saturated heterocycles. The summed E-state index contributed by atoms with van der Waals surface area (Å²) in [4.78, 5) is 24.1. The molecule has 0 radical (unpaired) electrons. The second-order valence-electron chi connectivity index (χ2n) is 10.8. The number of nitrogens with two attached hydrogens (primary N) is 1. The number of carbonyl (C=O) groups excluding carboxylic acids is 2. The highest BCUT2D eigenvalue weighted by molar-refractivity contribution is 5.93. The molecule has 0 aliphatic carbocycles. The Labute approximate surface area is 269 Å². The summed E-state index contributed by atoms with van der Waals surface area (Å²) in [6, 6.07) is 29.3. The monoisotopic (exact) mass is 621 g/mol. The van der Waals surface area contributed by atoms with Gasteiger partial charge in [-0.25, -0.2) is 0 Å². The lowest BCUT2D eigenvalue weighted by molar-refractivity contribution is -0.143. The van der Waals surface area contributed by atoms with Crippen LogP contribution in [0, 0.1) is 0 Å². The number of carbonyl (C=O) groups is 2. The first-order valence-electron chi connectivity index (χ1n) is 15.5. The topological polar surface area (TPSA) is 110 Å². The Morgan fingerprint density at radius 3 is 2.17 bits per heavy atom. The zero-order chi connectivity index (χ0) is 32.3. The predicted octanol–water partition coefficient (Wildman–Crippen LogP) is 7.32. The molecule has 2 N–H and O–H groups in total. The number of hydrogen-bond donors (Lipinski definition) is 1. The lowest BCUT2D eigenvalue weighted by atomic mass is 9.99. The molecule has 0 aliphatic rings. The molecule has 0 fully saturated rings. The highest BCUT2D eigenvalue weighted by Crippen LogP contribution is 2.34. The van der Waals surface area contributed by atoms with Crippen LogP contribution in [-0.2, 0) is 51.7 Å². The normalized spacial score (nSPS) is 10.9. The van der Waals surface area contributed by atoms with E-state index in [4.69, 9.17) is 29.1 Å². The van der Waals surface area contributed by atoms with Crippen molar-refractivity contribution >= 4 is 22.9 Å². The van der Waals surface area contributed by atoms with Gasteiger partial charge in [0, 0.05) is 29.5 Å². The van der Waals surface area contributed by atoms with Crippen LogP contribution in [-0.4, -0.2) is 25.2 Å². The third kappa shape index (κ3) is 8.34. The Hall–Kier alpha value is -5.08. The number of rotatable bonds is 15. The number of hydrogen-bond acceptors (Lipinski definition) is 8. The first-order chi connectivity index (χ1) is 22.5. The minimum absolute atomic E-state index is 0.126. The summed E-state index contributed by atoms with van der Waals surface area (Å²) in [5.41, 5.74) is 12.2. The van der Waals surface area contributed by atoms with Gasteiger partial charge in [-0.3, -0.25) is 9.59 Å².